The van der Waals surface area contributed by atoms with Gasteiger partial charge in [-0.25, -0.2) is 4.79 Å². The number of hydrogen-bond donors (Lipinski definition) is 1. The third kappa shape index (κ3) is 2.40. The second-order valence-corrected chi connectivity index (χ2v) is 5.48. The van der Waals surface area contributed by atoms with E-state index in [1.54, 1.807) is 18.3 Å². The molecule has 0 amide bonds. The number of hydrogen-bond acceptors (Lipinski definition) is 4. The number of carboxylic acids is 1. The Kier molecular flexibility index (Phi) is 3.20. The molecule has 3 rings (SSSR count). The number of aliphatic carboxylic acids is 1. The molecule has 0 radical (unpaired) electrons. The molecule has 0 atom stereocenters. The molecule has 20 heavy (non-hydrogen) atoms. The Labute approximate surface area is 119 Å². The predicted octanol–water partition coefficient (Wildman–Crippen LogP) is 3.63. The molecule has 102 valence electrons. The number of thiophene rings is 1. The highest BCUT2D eigenvalue weighted by Gasteiger charge is 2.14. The van der Waals surface area contributed by atoms with Crippen molar-refractivity contribution < 1.29 is 19.4 Å². The summed E-state index contributed by atoms with van der Waals surface area (Å²) in [5, 5.41) is 8.77. The first-order valence-corrected chi connectivity index (χ1v) is 6.86. The predicted molar refractivity (Wildman–Crippen MR) is 77.2 cm³/mol. The molecule has 1 aliphatic rings. The third-order valence-corrected chi connectivity index (χ3v) is 4.26. The van der Waals surface area contributed by atoms with Crippen LogP contribution in [0, 0.1) is 0 Å². The lowest BCUT2D eigenvalue weighted by Crippen LogP contribution is -1.92. The Balaban J connectivity index is 1.92. The van der Waals surface area contributed by atoms with Crippen LogP contribution in [0.15, 0.2) is 36.4 Å². The summed E-state index contributed by atoms with van der Waals surface area (Å²) in [6.07, 6.45) is 1.22. The fourth-order valence-electron chi connectivity index (χ4n) is 2.01. The molecule has 2 heterocycles. The highest BCUT2D eigenvalue weighted by molar-refractivity contribution is 7.16. The number of fused-ring (bicyclic) bond motifs is 1. The van der Waals surface area contributed by atoms with Crippen molar-refractivity contribution >= 4 is 22.9 Å². The Hall–Kier alpha value is -2.27. The van der Waals surface area contributed by atoms with Gasteiger partial charge in [0.2, 0.25) is 6.79 Å². The van der Waals surface area contributed by atoms with Crippen molar-refractivity contribution in [1.82, 2.24) is 0 Å². The molecule has 0 fully saturated rings. The summed E-state index contributed by atoms with van der Waals surface area (Å²) >= 11 is 1.55. The summed E-state index contributed by atoms with van der Waals surface area (Å²) in [4.78, 5) is 12.7. The first-order valence-electron chi connectivity index (χ1n) is 6.05. The van der Waals surface area contributed by atoms with E-state index in [1.807, 2.05) is 30.3 Å². The van der Waals surface area contributed by atoms with Crippen molar-refractivity contribution in [3.05, 3.63) is 41.3 Å². The summed E-state index contributed by atoms with van der Waals surface area (Å²) in [7, 11) is 0. The Bertz CT molecular complexity index is 700. The first kappa shape index (κ1) is 12.7. The van der Waals surface area contributed by atoms with Crippen LogP contribution in [0.2, 0.25) is 0 Å². The monoisotopic (exact) mass is 288 g/mol. The molecule has 2 aromatic rings. The third-order valence-electron chi connectivity index (χ3n) is 2.99. The van der Waals surface area contributed by atoms with E-state index in [-0.39, 0.29) is 6.79 Å². The van der Waals surface area contributed by atoms with Crippen molar-refractivity contribution in [2.45, 2.75) is 6.92 Å². The van der Waals surface area contributed by atoms with Crippen molar-refractivity contribution in [2.24, 2.45) is 0 Å². The molecule has 1 aromatic carbocycles. The lowest BCUT2D eigenvalue weighted by molar-refractivity contribution is -0.131. The second-order valence-electron chi connectivity index (χ2n) is 4.40. The zero-order valence-corrected chi connectivity index (χ0v) is 11.6. The Morgan fingerprint density at radius 2 is 2.05 bits per heavy atom. The Morgan fingerprint density at radius 1 is 1.25 bits per heavy atom. The molecule has 0 aliphatic carbocycles. The average molecular weight is 288 g/mol. The molecule has 1 N–H and O–H groups in total. The van der Waals surface area contributed by atoms with E-state index in [0.717, 1.165) is 32.4 Å². The molecular weight excluding hydrogens is 276 g/mol. The summed E-state index contributed by atoms with van der Waals surface area (Å²) in [5.41, 5.74) is 1.78. The number of ether oxygens (including phenoxy) is 2. The van der Waals surface area contributed by atoms with Gasteiger partial charge in [-0.3, -0.25) is 0 Å². The number of carbonyl (C=O) groups is 1. The normalized spacial score (nSPS) is 13.6. The highest BCUT2D eigenvalue weighted by atomic mass is 32.1. The second kappa shape index (κ2) is 5.02. The number of allylic oxidation sites excluding steroid dienone is 1. The molecule has 0 spiro atoms. The van der Waals surface area contributed by atoms with Gasteiger partial charge in [-0.1, -0.05) is 0 Å². The maximum atomic E-state index is 10.7. The molecule has 0 saturated heterocycles. The molecule has 0 bridgehead atoms. The van der Waals surface area contributed by atoms with Crippen LogP contribution in [0.1, 0.15) is 11.8 Å². The van der Waals surface area contributed by atoms with Crippen LogP contribution >= 0.6 is 11.3 Å². The van der Waals surface area contributed by atoms with Crippen LogP contribution in [0.3, 0.4) is 0 Å². The first-order chi connectivity index (χ1) is 9.63. The lowest BCUT2D eigenvalue weighted by atomic mass is 10.1. The summed E-state index contributed by atoms with van der Waals surface area (Å²) in [6.45, 7) is 2.05. The molecule has 0 unspecified atom stereocenters. The minimum Gasteiger partial charge on any atom is -0.478 e. The number of carboxylic acid groups (broad SMARTS) is 1. The summed E-state index contributed by atoms with van der Waals surface area (Å²) < 4.78 is 10.6. The molecule has 4 nitrogen and oxygen atoms in total. The number of benzene rings is 1. The standard InChI is InChI=1S/C15H12O4S/c1-9(6-15(16)17)13-4-5-14(20-13)10-2-3-11-12(7-10)19-8-18-11/h2-7H,8H2,1H3,(H,16,17)/b9-6+. The van der Waals surface area contributed by atoms with E-state index >= 15 is 0 Å². The molecule has 0 saturated carbocycles. The van der Waals surface area contributed by atoms with Gasteiger partial charge in [0.15, 0.2) is 11.5 Å². The molecule has 1 aromatic heterocycles. The molecular formula is C15H12O4S. The van der Waals surface area contributed by atoms with Gasteiger partial charge < -0.3 is 14.6 Å². The van der Waals surface area contributed by atoms with E-state index in [2.05, 4.69) is 0 Å². The lowest BCUT2D eigenvalue weighted by Gasteiger charge is -2.00. The SMILES string of the molecule is C/C(=C\C(=O)O)c1ccc(-c2ccc3c(c2)OCO3)s1. The van der Waals surface area contributed by atoms with Gasteiger partial charge in [0.25, 0.3) is 0 Å². The van der Waals surface area contributed by atoms with Gasteiger partial charge in [-0.2, -0.15) is 0 Å². The fraction of sp³-hybridized carbons (Fsp3) is 0.133. The van der Waals surface area contributed by atoms with Gasteiger partial charge in [0.1, 0.15) is 0 Å². The molecule has 1 aliphatic heterocycles. The van der Waals surface area contributed by atoms with Crippen LogP contribution in [0.5, 0.6) is 11.5 Å². The molecule has 5 heteroatoms. The van der Waals surface area contributed by atoms with Crippen LogP contribution < -0.4 is 9.47 Å². The van der Waals surface area contributed by atoms with E-state index < -0.39 is 5.97 Å². The summed E-state index contributed by atoms with van der Waals surface area (Å²) in [6, 6.07) is 9.71. The van der Waals surface area contributed by atoms with Gasteiger partial charge >= 0.3 is 5.97 Å². The van der Waals surface area contributed by atoms with E-state index in [0.29, 0.717) is 0 Å². The van der Waals surface area contributed by atoms with Gasteiger partial charge in [-0.05, 0) is 48.4 Å². The Morgan fingerprint density at radius 3 is 2.85 bits per heavy atom. The van der Waals surface area contributed by atoms with E-state index in [9.17, 15) is 4.79 Å². The minimum absolute atomic E-state index is 0.259. The van der Waals surface area contributed by atoms with Crippen molar-refractivity contribution in [3.63, 3.8) is 0 Å². The quantitative estimate of drug-likeness (QED) is 0.876. The van der Waals surface area contributed by atoms with Gasteiger partial charge in [0, 0.05) is 15.8 Å². The highest BCUT2D eigenvalue weighted by Crippen LogP contribution is 2.38. The smallest absolute Gasteiger partial charge is 0.328 e. The summed E-state index contributed by atoms with van der Waals surface area (Å²) in [5.74, 6) is 0.572. The van der Waals surface area contributed by atoms with Crippen LogP contribution in [0.25, 0.3) is 16.0 Å². The van der Waals surface area contributed by atoms with Crippen molar-refractivity contribution in [2.75, 3.05) is 6.79 Å². The zero-order valence-electron chi connectivity index (χ0n) is 10.8. The minimum atomic E-state index is -0.930. The van der Waals surface area contributed by atoms with E-state index in [1.165, 1.54) is 6.08 Å². The van der Waals surface area contributed by atoms with E-state index in [4.69, 9.17) is 14.6 Å². The van der Waals surface area contributed by atoms with Crippen LogP contribution in [-0.4, -0.2) is 17.9 Å². The largest absolute Gasteiger partial charge is 0.478 e. The fourth-order valence-corrected chi connectivity index (χ4v) is 2.98. The maximum absolute atomic E-state index is 10.7. The average Bonchev–Trinajstić information content (AvgIpc) is 3.06. The number of rotatable bonds is 3. The van der Waals surface area contributed by atoms with Crippen molar-refractivity contribution in [3.8, 4) is 21.9 Å². The maximum Gasteiger partial charge on any atom is 0.328 e. The zero-order chi connectivity index (χ0) is 14.1. The van der Waals surface area contributed by atoms with Crippen LogP contribution in [-0.2, 0) is 4.79 Å². The topological polar surface area (TPSA) is 55.8 Å². The van der Waals surface area contributed by atoms with Crippen molar-refractivity contribution in [1.29, 1.82) is 0 Å². The van der Waals surface area contributed by atoms with Crippen LogP contribution in [0.4, 0.5) is 0 Å². The van der Waals surface area contributed by atoms with Gasteiger partial charge in [-0.15, -0.1) is 11.3 Å². The van der Waals surface area contributed by atoms with Gasteiger partial charge in [0.05, 0.1) is 0 Å².